The van der Waals surface area contributed by atoms with Crippen molar-refractivity contribution in [2.24, 2.45) is 5.92 Å². The Morgan fingerprint density at radius 2 is 1.56 bits per heavy atom. The summed E-state index contributed by atoms with van der Waals surface area (Å²) in [5.41, 5.74) is 2.92. The number of piperidine rings is 1. The summed E-state index contributed by atoms with van der Waals surface area (Å²) in [5.74, 6) is -1.83. The molecular formula is C28H37F3N4O5S. The van der Waals surface area contributed by atoms with Crippen molar-refractivity contribution in [1.82, 2.24) is 10.2 Å². The number of aliphatic carboxylic acids is 1. The average molecular weight is 599 g/mol. The Kier molecular flexibility index (Phi) is 10.6. The Hall–Kier alpha value is -3.32. The lowest BCUT2D eigenvalue weighted by Gasteiger charge is -2.34. The number of hydrogen-bond acceptors (Lipinski definition) is 6. The van der Waals surface area contributed by atoms with Gasteiger partial charge < -0.3 is 20.2 Å². The zero-order valence-corrected chi connectivity index (χ0v) is 24.2. The Balaban J connectivity index is 0.000000587. The van der Waals surface area contributed by atoms with Crippen LogP contribution in [0.15, 0.2) is 47.4 Å². The fourth-order valence-corrected chi connectivity index (χ4v) is 5.63. The van der Waals surface area contributed by atoms with Gasteiger partial charge in [-0.15, -0.1) is 0 Å². The first-order valence-corrected chi connectivity index (χ1v) is 15.0. The van der Waals surface area contributed by atoms with E-state index < -0.39 is 22.2 Å². The monoisotopic (exact) mass is 598 g/mol. The SMILES string of the molecule is CC1CCN(C(=O)c2cc(NS(=O)(=O)c3ccc(C(C)C)cc3)ccc2N2CCNCC2)CC1.O=C(O)C(F)(F)F. The summed E-state index contributed by atoms with van der Waals surface area (Å²) < 4.78 is 60.6. The second-order valence-electron chi connectivity index (χ2n) is 10.6. The van der Waals surface area contributed by atoms with Gasteiger partial charge in [0, 0.05) is 50.6 Å². The maximum atomic E-state index is 13.6. The van der Waals surface area contributed by atoms with E-state index in [1.807, 2.05) is 23.1 Å². The van der Waals surface area contributed by atoms with Crippen LogP contribution in [0.5, 0.6) is 0 Å². The summed E-state index contributed by atoms with van der Waals surface area (Å²) >= 11 is 0. The molecule has 2 aromatic carbocycles. The molecule has 1 amide bonds. The third-order valence-electron chi connectivity index (χ3n) is 7.11. The molecular weight excluding hydrogens is 561 g/mol. The van der Waals surface area contributed by atoms with Crippen LogP contribution < -0.4 is 14.9 Å². The maximum Gasteiger partial charge on any atom is 0.490 e. The number of carbonyl (C=O) groups excluding carboxylic acids is 1. The maximum absolute atomic E-state index is 13.6. The standard InChI is InChI=1S/C26H36N4O3S.C2HF3O2/c1-19(2)21-4-7-23(8-5-21)34(32,33)28-22-6-9-25(29-16-12-27-13-17-29)24(18-22)26(31)30-14-10-20(3)11-15-30;3-2(4,5)1(6)7/h4-9,18-20,27-28H,10-17H2,1-3H3;(H,6,7). The predicted octanol–water partition coefficient (Wildman–Crippen LogP) is 4.53. The smallest absolute Gasteiger partial charge is 0.475 e. The van der Waals surface area contributed by atoms with E-state index in [9.17, 15) is 26.4 Å². The van der Waals surface area contributed by atoms with Crippen molar-refractivity contribution in [1.29, 1.82) is 0 Å². The molecule has 4 rings (SSSR count). The number of likely N-dealkylation sites (tertiary alicyclic amines) is 1. The van der Waals surface area contributed by atoms with Gasteiger partial charge in [-0.05, 0) is 60.6 Å². The minimum Gasteiger partial charge on any atom is -0.475 e. The van der Waals surface area contributed by atoms with Gasteiger partial charge in [0.15, 0.2) is 0 Å². The van der Waals surface area contributed by atoms with E-state index in [-0.39, 0.29) is 10.8 Å². The first kappa shape index (κ1) is 32.2. The molecule has 0 bridgehead atoms. The Morgan fingerprint density at radius 1 is 1.00 bits per heavy atom. The van der Waals surface area contributed by atoms with Crippen molar-refractivity contribution < 1.29 is 36.3 Å². The van der Waals surface area contributed by atoms with Gasteiger partial charge in [-0.2, -0.15) is 13.2 Å². The van der Waals surface area contributed by atoms with Gasteiger partial charge in [-0.1, -0.05) is 32.9 Å². The van der Waals surface area contributed by atoms with E-state index in [0.29, 0.717) is 23.1 Å². The van der Waals surface area contributed by atoms with Crippen LogP contribution in [-0.4, -0.2) is 75.7 Å². The molecule has 2 aliphatic rings. The number of sulfonamides is 1. The molecule has 226 valence electrons. The molecule has 0 unspecified atom stereocenters. The van der Waals surface area contributed by atoms with E-state index in [1.165, 1.54) is 0 Å². The van der Waals surface area contributed by atoms with Crippen molar-refractivity contribution in [2.45, 2.75) is 50.6 Å². The fraction of sp³-hybridized carbons (Fsp3) is 0.500. The Morgan fingerprint density at radius 3 is 2.07 bits per heavy atom. The highest BCUT2D eigenvalue weighted by atomic mass is 32.2. The van der Waals surface area contributed by atoms with E-state index in [4.69, 9.17) is 9.90 Å². The number of carboxylic acids is 1. The molecule has 9 nitrogen and oxygen atoms in total. The molecule has 0 aromatic heterocycles. The predicted molar refractivity (Wildman–Crippen MR) is 151 cm³/mol. The number of alkyl halides is 3. The highest BCUT2D eigenvalue weighted by molar-refractivity contribution is 7.92. The third kappa shape index (κ3) is 8.83. The van der Waals surface area contributed by atoms with Gasteiger partial charge in [0.05, 0.1) is 10.5 Å². The second-order valence-corrected chi connectivity index (χ2v) is 12.3. The minimum absolute atomic E-state index is 0.0252. The molecule has 2 fully saturated rings. The lowest BCUT2D eigenvalue weighted by atomic mass is 9.98. The molecule has 0 radical (unpaired) electrons. The first-order chi connectivity index (χ1) is 19.2. The van der Waals surface area contributed by atoms with Crippen LogP contribution >= 0.6 is 0 Å². The van der Waals surface area contributed by atoms with Crippen LogP contribution in [-0.2, 0) is 14.8 Å². The number of anilines is 2. The average Bonchev–Trinajstić information content (AvgIpc) is 2.93. The summed E-state index contributed by atoms with van der Waals surface area (Å²) in [7, 11) is -3.77. The van der Waals surface area contributed by atoms with Crippen LogP contribution in [0.25, 0.3) is 0 Å². The van der Waals surface area contributed by atoms with Crippen molar-refractivity contribution >= 4 is 33.3 Å². The highest BCUT2D eigenvalue weighted by Gasteiger charge is 2.38. The van der Waals surface area contributed by atoms with Gasteiger partial charge >= 0.3 is 12.1 Å². The number of carbonyl (C=O) groups is 2. The number of benzene rings is 2. The fourth-order valence-electron chi connectivity index (χ4n) is 4.58. The second kappa shape index (κ2) is 13.6. The number of halogens is 3. The topological polar surface area (TPSA) is 119 Å². The van der Waals surface area contributed by atoms with Gasteiger partial charge in [0.2, 0.25) is 0 Å². The van der Waals surface area contributed by atoms with Crippen molar-refractivity contribution in [3.63, 3.8) is 0 Å². The summed E-state index contributed by atoms with van der Waals surface area (Å²) in [6, 6.07) is 12.3. The summed E-state index contributed by atoms with van der Waals surface area (Å²) in [5, 5.41) is 10.5. The highest BCUT2D eigenvalue weighted by Crippen LogP contribution is 2.29. The van der Waals surface area contributed by atoms with E-state index in [0.717, 1.165) is 63.4 Å². The quantitative estimate of drug-likeness (QED) is 0.447. The largest absolute Gasteiger partial charge is 0.490 e. The van der Waals surface area contributed by atoms with Gasteiger partial charge in [-0.3, -0.25) is 9.52 Å². The molecule has 2 heterocycles. The molecule has 2 aromatic rings. The van der Waals surface area contributed by atoms with Crippen molar-refractivity contribution in [3.05, 3.63) is 53.6 Å². The molecule has 0 saturated carbocycles. The van der Waals surface area contributed by atoms with Crippen molar-refractivity contribution in [2.75, 3.05) is 48.9 Å². The number of nitrogens with zero attached hydrogens (tertiary/aromatic N) is 2. The number of nitrogens with one attached hydrogen (secondary N) is 2. The Bertz CT molecular complexity index is 1300. The van der Waals surface area contributed by atoms with Crippen LogP contribution in [0.2, 0.25) is 0 Å². The van der Waals surface area contributed by atoms with Crippen molar-refractivity contribution in [3.8, 4) is 0 Å². The molecule has 2 saturated heterocycles. The number of hydrogen-bond donors (Lipinski definition) is 3. The molecule has 2 aliphatic heterocycles. The van der Waals surface area contributed by atoms with Crippen LogP contribution in [0.1, 0.15) is 55.5 Å². The lowest BCUT2D eigenvalue weighted by Crippen LogP contribution is -2.45. The number of rotatable bonds is 6. The lowest BCUT2D eigenvalue weighted by molar-refractivity contribution is -0.192. The molecule has 13 heteroatoms. The van der Waals surface area contributed by atoms with E-state index >= 15 is 0 Å². The van der Waals surface area contributed by atoms with Crippen LogP contribution in [0.4, 0.5) is 24.5 Å². The van der Waals surface area contributed by atoms with Crippen LogP contribution in [0, 0.1) is 5.92 Å². The minimum atomic E-state index is -5.08. The van der Waals surface area contributed by atoms with Gasteiger partial charge in [0.1, 0.15) is 0 Å². The third-order valence-corrected chi connectivity index (χ3v) is 8.50. The first-order valence-electron chi connectivity index (χ1n) is 13.5. The van der Waals surface area contributed by atoms with E-state index in [2.05, 4.69) is 35.7 Å². The summed E-state index contributed by atoms with van der Waals surface area (Å²) in [4.78, 5) is 26.8. The molecule has 0 aliphatic carbocycles. The van der Waals surface area contributed by atoms with Gasteiger partial charge in [-0.25, -0.2) is 13.2 Å². The normalized spacial score (nSPS) is 16.7. The zero-order chi connectivity index (χ0) is 30.4. The van der Waals surface area contributed by atoms with Gasteiger partial charge in [0.25, 0.3) is 15.9 Å². The zero-order valence-electron chi connectivity index (χ0n) is 23.4. The molecule has 0 atom stereocenters. The molecule has 41 heavy (non-hydrogen) atoms. The summed E-state index contributed by atoms with van der Waals surface area (Å²) in [6.07, 6.45) is -3.10. The Labute approximate surface area is 238 Å². The number of amides is 1. The number of carboxylic acid groups (broad SMARTS) is 1. The number of piperazine rings is 1. The van der Waals surface area contributed by atoms with Crippen LogP contribution in [0.3, 0.4) is 0 Å². The molecule has 3 N–H and O–H groups in total. The summed E-state index contributed by atoms with van der Waals surface area (Å²) in [6.45, 7) is 11.2. The van der Waals surface area contributed by atoms with E-state index in [1.54, 1.807) is 24.3 Å². The molecule has 0 spiro atoms.